The fourth-order valence-corrected chi connectivity index (χ4v) is 5.06. The summed E-state index contributed by atoms with van der Waals surface area (Å²) in [5.74, 6) is 0. The molecule has 1 heteroatoms. The minimum Gasteiger partial charge on any atom is -0.256 e. The van der Waals surface area contributed by atoms with Gasteiger partial charge in [-0.3, -0.25) is 4.98 Å². The molecule has 7 rings (SSSR count). The molecule has 32 heavy (non-hydrogen) atoms. The standard InChI is InChI=1S/C31H19N/c1-2-11-26-25(10-1)23-8-3-7-21(16-23)22-15-14-20-6-4-13-28(29(20)17-22)31-18-30-24(19-32-31)9-5-12-27(26)30/h1-19H. The van der Waals surface area contributed by atoms with E-state index >= 15 is 0 Å². The SMILES string of the molecule is c1cc2cc(c1)c1ccccc1c1cccc3cnc(cc31)c1cccc3ccc2cc31. The Balaban J connectivity index is 1.89. The Morgan fingerprint density at radius 1 is 0.344 bits per heavy atom. The van der Waals surface area contributed by atoms with Crippen LogP contribution in [0.15, 0.2) is 115 Å². The zero-order valence-electron chi connectivity index (χ0n) is 17.4. The number of benzene rings is 5. The first-order valence-electron chi connectivity index (χ1n) is 11.0. The van der Waals surface area contributed by atoms with Crippen molar-refractivity contribution in [2.45, 2.75) is 0 Å². The van der Waals surface area contributed by atoms with Crippen molar-refractivity contribution in [3.63, 3.8) is 0 Å². The number of nitrogens with zero attached hydrogens (tertiary/aromatic N) is 1. The molecule has 0 spiro atoms. The molecular formula is C31H19N. The highest BCUT2D eigenvalue weighted by atomic mass is 14.6. The van der Waals surface area contributed by atoms with E-state index in [0.717, 1.165) is 10.9 Å². The lowest BCUT2D eigenvalue weighted by atomic mass is 10.0. The van der Waals surface area contributed by atoms with Gasteiger partial charge in [0.05, 0.1) is 5.52 Å². The normalized spacial score (nSPS) is 11.8. The van der Waals surface area contributed by atoms with Crippen molar-refractivity contribution in [2.24, 2.45) is 0 Å². The largest absolute Gasteiger partial charge is 0.256 e. The van der Waals surface area contributed by atoms with Crippen LogP contribution < -0.4 is 0 Å². The van der Waals surface area contributed by atoms with E-state index in [9.17, 15) is 0 Å². The fourth-order valence-electron chi connectivity index (χ4n) is 5.06. The quantitative estimate of drug-likeness (QED) is 0.246. The first-order valence-corrected chi connectivity index (χ1v) is 11.0. The second kappa shape index (κ2) is 6.63. The Labute approximate surface area is 185 Å². The van der Waals surface area contributed by atoms with Gasteiger partial charge in [-0.25, -0.2) is 0 Å². The van der Waals surface area contributed by atoms with E-state index in [-0.39, 0.29) is 0 Å². The molecule has 0 aliphatic carbocycles. The number of hydrogen-bond donors (Lipinski definition) is 0. The second-order valence-electron chi connectivity index (χ2n) is 8.46. The highest BCUT2D eigenvalue weighted by Gasteiger charge is 2.06. The van der Waals surface area contributed by atoms with E-state index in [0.29, 0.717) is 0 Å². The molecule has 0 atom stereocenters. The summed E-state index contributed by atoms with van der Waals surface area (Å²) in [5.41, 5.74) is 1.01. The molecule has 0 radical (unpaired) electrons. The van der Waals surface area contributed by atoms with Crippen LogP contribution in [0.5, 0.6) is 0 Å². The maximum absolute atomic E-state index is 4.88. The molecule has 148 valence electrons. The number of hydrogen-bond acceptors (Lipinski definition) is 1. The molecule has 0 saturated heterocycles. The van der Waals surface area contributed by atoms with Crippen molar-refractivity contribution in [2.75, 3.05) is 0 Å². The predicted octanol–water partition coefficient (Wildman–Crippen LogP) is 8.56. The fraction of sp³-hybridized carbons (Fsp3) is 0. The number of pyridine rings is 1. The van der Waals surface area contributed by atoms with Crippen molar-refractivity contribution < 1.29 is 0 Å². The van der Waals surface area contributed by atoms with Crippen LogP contribution in [0.2, 0.25) is 0 Å². The first kappa shape index (κ1) is 17.5. The van der Waals surface area contributed by atoms with Crippen LogP contribution in [0, 0.1) is 0 Å². The molecule has 1 heterocycles. The molecule has 6 bridgehead atoms. The lowest BCUT2D eigenvalue weighted by molar-refractivity contribution is 1.45. The second-order valence-corrected chi connectivity index (χ2v) is 8.46. The third kappa shape index (κ3) is 2.55. The molecule has 0 aliphatic rings. The average molecular weight is 406 g/mol. The Kier molecular flexibility index (Phi) is 3.62. The van der Waals surface area contributed by atoms with Gasteiger partial charge in [0.1, 0.15) is 0 Å². The van der Waals surface area contributed by atoms with Gasteiger partial charge in [-0.2, -0.15) is 0 Å². The summed E-state index contributed by atoms with van der Waals surface area (Å²) in [6, 6.07) is 39.6. The first-order chi connectivity index (χ1) is 15.8. The van der Waals surface area contributed by atoms with Crippen LogP contribution in [0.4, 0.5) is 0 Å². The predicted molar refractivity (Wildman–Crippen MR) is 138 cm³/mol. The summed E-state index contributed by atoms with van der Waals surface area (Å²) in [6.07, 6.45) is 2.01. The lowest BCUT2D eigenvalue weighted by Crippen LogP contribution is -1.82. The van der Waals surface area contributed by atoms with Crippen molar-refractivity contribution in [1.82, 2.24) is 4.98 Å². The van der Waals surface area contributed by atoms with Crippen LogP contribution in [0.3, 0.4) is 0 Å². The Morgan fingerprint density at radius 3 is 1.88 bits per heavy atom. The Hall–Kier alpha value is -4.23. The minimum atomic E-state index is 1.01. The van der Waals surface area contributed by atoms with Crippen LogP contribution in [0.25, 0.3) is 64.8 Å². The summed E-state index contributed by atoms with van der Waals surface area (Å²) in [4.78, 5) is 4.88. The van der Waals surface area contributed by atoms with Crippen molar-refractivity contribution in [3.8, 4) is 0 Å². The van der Waals surface area contributed by atoms with Gasteiger partial charge >= 0.3 is 0 Å². The van der Waals surface area contributed by atoms with Crippen LogP contribution >= 0.6 is 0 Å². The van der Waals surface area contributed by atoms with Crippen molar-refractivity contribution in [3.05, 3.63) is 115 Å². The molecule has 0 amide bonds. The van der Waals surface area contributed by atoms with Gasteiger partial charge in [0.2, 0.25) is 0 Å². The Bertz CT molecular complexity index is 1880. The molecule has 0 unspecified atom stereocenters. The van der Waals surface area contributed by atoms with Gasteiger partial charge in [0, 0.05) is 17.0 Å². The minimum absolute atomic E-state index is 1.01. The van der Waals surface area contributed by atoms with E-state index < -0.39 is 0 Å². The van der Waals surface area contributed by atoms with Crippen molar-refractivity contribution in [1.29, 1.82) is 0 Å². The number of rotatable bonds is 0. The molecule has 1 aromatic heterocycles. The molecule has 0 N–H and O–H groups in total. The van der Waals surface area contributed by atoms with E-state index in [1.54, 1.807) is 0 Å². The van der Waals surface area contributed by atoms with E-state index in [4.69, 9.17) is 4.98 Å². The smallest absolute Gasteiger partial charge is 0.0714 e. The zero-order valence-corrected chi connectivity index (χ0v) is 17.4. The highest BCUT2D eigenvalue weighted by Crippen LogP contribution is 2.32. The molecule has 7 aromatic rings. The lowest BCUT2D eigenvalue weighted by Gasteiger charge is -2.05. The molecule has 6 aromatic carbocycles. The summed E-state index contributed by atoms with van der Waals surface area (Å²) in [7, 11) is 0. The topological polar surface area (TPSA) is 12.9 Å². The van der Waals surface area contributed by atoms with E-state index in [1.807, 2.05) is 6.20 Å². The summed E-state index contributed by atoms with van der Waals surface area (Å²) in [5, 5.41) is 13.4. The Morgan fingerprint density at radius 2 is 0.938 bits per heavy atom. The van der Waals surface area contributed by atoms with E-state index in [1.165, 1.54) is 53.9 Å². The van der Waals surface area contributed by atoms with Gasteiger partial charge in [-0.05, 0) is 66.7 Å². The van der Waals surface area contributed by atoms with Crippen molar-refractivity contribution >= 4 is 64.8 Å². The molecule has 0 saturated carbocycles. The van der Waals surface area contributed by atoms with Gasteiger partial charge in [0.25, 0.3) is 0 Å². The van der Waals surface area contributed by atoms with Gasteiger partial charge in [-0.15, -0.1) is 0 Å². The molecule has 0 aliphatic heterocycles. The maximum Gasteiger partial charge on any atom is 0.0714 e. The average Bonchev–Trinajstić information content (AvgIpc) is 2.87. The molecular weight excluding hydrogens is 386 g/mol. The van der Waals surface area contributed by atoms with Gasteiger partial charge in [-0.1, -0.05) is 91.0 Å². The highest BCUT2D eigenvalue weighted by molar-refractivity contribution is 6.17. The van der Waals surface area contributed by atoms with Crippen LogP contribution in [-0.4, -0.2) is 4.98 Å². The monoisotopic (exact) mass is 405 g/mol. The number of fused-ring (bicyclic) bond motifs is 9. The van der Waals surface area contributed by atoms with Crippen LogP contribution in [0.1, 0.15) is 0 Å². The maximum atomic E-state index is 4.88. The summed E-state index contributed by atoms with van der Waals surface area (Å²) in [6.45, 7) is 0. The van der Waals surface area contributed by atoms with Gasteiger partial charge in [0.15, 0.2) is 0 Å². The third-order valence-corrected chi connectivity index (χ3v) is 6.65. The molecule has 0 fully saturated rings. The third-order valence-electron chi connectivity index (χ3n) is 6.65. The van der Waals surface area contributed by atoms with Crippen LogP contribution in [-0.2, 0) is 0 Å². The zero-order chi connectivity index (χ0) is 21.1. The molecule has 1 nitrogen and oxygen atoms in total. The van der Waals surface area contributed by atoms with E-state index in [2.05, 4.69) is 109 Å². The van der Waals surface area contributed by atoms with Gasteiger partial charge < -0.3 is 0 Å². The summed E-state index contributed by atoms with van der Waals surface area (Å²) < 4.78 is 0. The summed E-state index contributed by atoms with van der Waals surface area (Å²) >= 11 is 0. The number of aromatic nitrogens is 1.